The number of carbonyl (C=O) groups is 1. The molecule has 5 nitrogen and oxygen atoms in total. The molecule has 0 saturated carbocycles. The van der Waals surface area contributed by atoms with E-state index in [0.29, 0.717) is 28.7 Å². The van der Waals surface area contributed by atoms with Crippen LogP contribution in [0.5, 0.6) is 11.5 Å². The van der Waals surface area contributed by atoms with E-state index >= 15 is 0 Å². The molecule has 0 bridgehead atoms. The van der Waals surface area contributed by atoms with Crippen molar-refractivity contribution in [3.05, 3.63) is 58.6 Å². The maximum atomic E-state index is 10.9. The van der Waals surface area contributed by atoms with E-state index < -0.39 is 12.0 Å². The van der Waals surface area contributed by atoms with Gasteiger partial charge in [0.25, 0.3) is 0 Å². The van der Waals surface area contributed by atoms with Gasteiger partial charge in [-0.3, -0.25) is 4.79 Å². The summed E-state index contributed by atoms with van der Waals surface area (Å²) < 4.78 is 10.9. The van der Waals surface area contributed by atoms with Gasteiger partial charge in [-0.05, 0) is 35.4 Å². The van der Waals surface area contributed by atoms with Crippen molar-refractivity contribution >= 4 is 17.6 Å². The van der Waals surface area contributed by atoms with Crippen molar-refractivity contribution < 1.29 is 19.4 Å². The Bertz CT molecular complexity index is 658. The van der Waals surface area contributed by atoms with Gasteiger partial charge in [0.05, 0.1) is 7.11 Å². The molecule has 0 saturated heterocycles. The van der Waals surface area contributed by atoms with E-state index in [4.69, 9.17) is 31.9 Å². The zero-order valence-corrected chi connectivity index (χ0v) is 12.7. The number of carboxylic acids is 1. The fourth-order valence-electron chi connectivity index (χ4n) is 1.88. The van der Waals surface area contributed by atoms with Gasteiger partial charge in [-0.1, -0.05) is 29.8 Å². The van der Waals surface area contributed by atoms with Gasteiger partial charge in [0.1, 0.15) is 12.6 Å². The Balaban J connectivity index is 2.13. The van der Waals surface area contributed by atoms with Crippen molar-refractivity contribution in [2.45, 2.75) is 12.6 Å². The number of methoxy groups -OCH3 is 1. The van der Waals surface area contributed by atoms with Crippen LogP contribution in [0.1, 0.15) is 17.2 Å². The maximum Gasteiger partial charge on any atom is 0.325 e. The van der Waals surface area contributed by atoms with E-state index in [1.54, 1.807) is 30.3 Å². The molecule has 6 heteroatoms. The second-order valence-electron chi connectivity index (χ2n) is 4.64. The molecule has 116 valence electrons. The highest BCUT2D eigenvalue weighted by molar-refractivity contribution is 6.30. The number of halogens is 1. The first kappa shape index (κ1) is 16.1. The second-order valence-corrected chi connectivity index (χ2v) is 5.08. The van der Waals surface area contributed by atoms with E-state index in [-0.39, 0.29) is 0 Å². The van der Waals surface area contributed by atoms with Crippen LogP contribution in [0.15, 0.2) is 42.5 Å². The number of rotatable bonds is 6. The van der Waals surface area contributed by atoms with Crippen LogP contribution in [0.2, 0.25) is 5.02 Å². The molecule has 0 aliphatic heterocycles. The quantitative estimate of drug-likeness (QED) is 0.854. The monoisotopic (exact) mass is 321 g/mol. The predicted octanol–water partition coefficient (Wildman–Crippen LogP) is 3.01. The predicted molar refractivity (Wildman–Crippen MR) is 83.3 cm³/mol. The van der Waals surface area contributed by atoms with Crippen LogP contribution in [0.4, 0.5) is 0 Å². The maximum absolute atomic E-state index is 10.9. The summed E-state index contributed by atoms with van der Waals surface area (Å²) in [5.41, 5.74) is 6.99. The number of benzene rings is 2. The van der Waals surface area contributed by atoms with Gasteiger partial charge < -0.3 is 20.3 Å². The minimum atomic E-state index is -1.10. The first-order chi connectivity index (χ1) is 10.5. The topological polar surface area (TPSA) is 81.8 Å². The van der Waals surface area contributed by atoms with Gasteiger partial charge in [-0.15, -0.1) is 0 Å². The Morgan fingerprint density at radius 2 is 1.91 bits per heavy atom. The molecule has 1 atom stereocenters. The molecule has 0 fully saturated rings. The Morgan fingerprint density at radius 1 is 1.23 bits per heavy atom. The normalized spacial score (nSPS) is 11.8. The second kappa shape index (κ2) is 7.15. The van der Waals surface area contributed by atoms with Crippen LogP contribution in [-0.4, -0.2) is 18.2 Å². The average molecular weight is 322 g/mol. The minimum absolute atomic E-state index is 0.345. The van der Waals surface area contributed by atoms with E-state index in [9.17, 15) is 4.79 Å². The van der Waals surface area contributed by atoms with Crippen molar-refractivity contribution in [1.29, 1.82) is 0 Å². The van der Waals surface area contributed by atoms with Crippen LogP contribution in [0.25, 0.3) is 0 Å². The lowest BCUT2D eigenvalue weighted by Gasteiger charge is -2.14. The Kier molecular flexibility index (Phi) is 5.25. The molecule has 0 amide bonds. The van der Waals surface area contributed by atoms with E-state index in [0.717, 1.165) is 5.56 Å². The first-order valence-electron chi connectivity index (χ1n) is 6.55. The first-order valence-corrected chi connectivity index (χ1v) is 6.92. The molecule has 0 aromatic heterocycles. The zero-order chi connectivity index (χ0) is 16.1. The lowest BCUT2D eigenvalue weighted by atomic mass is 10.1. The molecule has 3 N–H and O–H groups in total. The molecule has 0 heterocycles. The molecule has 0 aliphatic rings. The van der Waals surface area contributed by atoms with Gasteiger partial charge in [0.15, 0.2) is 11.5 Å². The summed E-state index contributed by atoms with van der Waals surface area (Å²) >= 11 is 5.83. The van der Waals surface area contributed by atoms with Gasteiger partial charge in [-0.25, -0.2) is 0 Å². The highest BCUT2D eigenvalue weighted by Gasteiger charge is 2.16. The molecule has 2 rings (SSSR count). The number of carboxylic acid groups (broad SMARTS) is 1. The van der Waals surface area contributed by atoms with Crippen molar-refractivity contribution in [2.75, 3.05) is 7.11 Å². The summed E-state index contributed by atoms with van der Waals surface area (Å²) in [7, 11) is 1.49. The smallest absolute Gasteiger partial charge is 0.325 e. The van der Waals surface area contributed by atoms with E-state index in [1.165, 1.54) is 7.11 Å². The highest BCUT2D eigenvalue weighted by Crippen LogP contribution is 2.30. The molecule has 2 aromatic rings. The fourth-order valence-corrected chi connectivity index (χ4v) is 2.01. The molecule has 0 radical (unpaired) electrons. The third-order valence-electron chi connectivity index (χ3n) is 3.12. The van der Waals surface area contributed by atoms with Gasteiger partial charge in [-0.2, -0.15) is 0 Å². The van der Waals surface area contributed by atoms with Gasteiger partial charge in [0, 0.05) is 5.02 Å². The van der Waals surface area contributed by atoms with Crippen molar-refractivity contribution in [1.82, 2.24) is 0 Å². The number of ether oxygens (including phenoxy) is 2. The molecule has 22 heavy (non-hydrogen) atoms. The zero-order valence-electron chi connectivity index (χ0n) is 12.0. The molecular formula is C16H16ClNO4. The SMILES string of the molecule is COc1cc([C@H](N)C(=O)O)ccc1OCc1ccc(Cl)cc1. The van der Waals surface area contributed by atoms with Crippen LogP contribution in [0.3, 0.4) is 0 Å². The minimum Gasteiger partial charge on any atom is -0.493 e. The van der Waals surface area contributed by atoms with Crippen molar-refractivity contribution in [2.24, 2.45) is 5.73 Å². The summed E-state index contributed by atoms with van der Waals surface area (Å²) in [5, 5.41) is 9.60. The third-order valence-corrected chi connectivity index (χ3v) is 3.37. The average Bonchev–Trinajstić information content (AvgIpc) is 2.53. The molecular weight excluding hydrogens is 306 g/mol. The summed E-state index contributed by atoms with van der Waals surface area (Å²) in [5.74, 6) is -0.154. The highest BCUT2D eigenvalue weighted by atomic mass is 35.5. The van der Waals surface area contributed by atoms with E-state index in [1.807, 2.05) is 12.1 Å². The Hall–Kier alpha value is -2.24. The summed E-state index contributed by atoms with van der Waals surface area (Å²) in [6, 6.07) is 11.0. The lowest BCUT2D eigenvalue weighted by Crippen LogP contribution is -2.20. The van der Waals surface area contributed by atoms with Gasteiger partial charge in [0.2, 0.25) is 0 Å². The third kappa shape index (κ3) is 3.90. The standard InChI is InChI=1S/C16H16ClNO4/c1-21-14-8-11(15(18)16(19)20)4-7-13(14)22-9-10-2-5-12(17)6-3-10/h2-8,15H,9,18H2,1H3,(H,19,20)/t15-/m0/s1. The van der Waals surface area contributed by atoms with Gasteiger partial charge >= 0.3 is 5.97 Å². The Labute approximate surface area is 133 Å². The number of hydrogen-bond donors (Lipinski definition) is 2. The summed E-state index contributed by atoms with van der Waals surface area (Å²) in [6.45, 7) is 0.345. The van der Waals surface area contributed by atoms with E-state index in [2.05, 4.69) is 0 Å². The number of hydrogen-bond acceptors (Lipinski definition) is 4. The lowest BCUT2D eigenvalue weighted by molar-refractivity contribution is -0.138. The molecule has 0 aliphatic carbocycles. The molecule has 0 unspecified atom stereocenters. The summed E-state index contributed by atoms with van der Waals surface area (Å²) in [4.78, 5) is 10.9. The largest absolute Gasteiger partial charge is 0.493 e. The van der Waals surface area contributed by atoms with Crippen LogP contribution < -0.4 is 15.2 Å². The van der Waals surface area contributed by atoms with Crippen molar-refractivity contribution in [3.8, 4) is 11.5 Å². The summed E-state index contributed by atoms with van der Waals surface area (Å²) in [6.07, 6.45) is 0. The van der Waals surface area contributed by atoms with Crippen LogP contribution >= 0.6 is 11.6 Å². The number of aliphatic carboxylic acids is 1. The number of nitrogens with two attached hydrogens (primary N) is 1. The van der Waals surface area contributed by atoms with Crippen LogP contribution in [0, 0.1) is 0 Å². The molecule has 0 spiro atoms. The van der Waals surface area contributed by atoms with Crippen molar-refractivity contribution in [3.63, 3.8) is 0 Å². The fraction of sp³-hybridized carbons (Fsp3) is 0.188. The Morgan fingerprint density at radius 3 is 2.50 bits per heavy atom. The molecule has 2 aromatic carbocycles. The van der Waals surface area contributed by atoms with Crippen LogP contribution in [-0.2, 0) is 11.4 Å².